The van der Waals surface area contributed by atoms with Gasteiger partial charge in [-0.15, -0.1) is 0 Å². The van der Waals surface area contributed by atoms with Gasteiger partial charge >= 0.3 is 0 Å². The summed E-state index contributed by atoms with van der Waals surface area (Å²) >= 11 is 6.12. The van der Waals surface area contributed by atoms with Crippen molar-refractivity contribution in [2.75, 3.05) is 11.4 Å². The zero-order chi connectivity index (χ0) is 14.1. The fourth-order valence-corrected chi connectivity index (χ4v) is 2.92. The van der Waals surface area contributed by atoms with Crippen LogP contribution in [-0.2, 0) is 9.59 Å². The number of carbonyl (C=O) groups is 2. The summed E-state index contributed by atoms with van der Waals surface area (Å²) in [5.41, 5.74) is 0.722. The van der Waals surface area contributed by atoms with E-state index >= 15 is 0 Å². The first kappa shape index (κ1) is 13.4. The first-order valence-corrected chi connectivity index (χ1v) is 7.41. The molecule has 1 atom stereocenters. The Bertz CT molecular complexity index is 542. The molecular formula is C15H17ClN2O2. The van der Waals surface area contributed by atoms with Crippen LogP contribution in [0.4, 0.5) is 5.69 Å². The van der Waals surface area contributed by atoms with Crippen molar-refractivity contribution in [2.24, 2.45) is 5.92 Å². The summed E-state index contributed by atoms with van der Waals surface area (Å²) in [6.07, 6.45) is 3.65. The number of halogens is 1. The molecule has 0 aromatic heterocycles. The third kappa shape index (κ3) is 2.40. The number of amides is 2. The number of carbonyl (C=O) groups excluding carboxylic acids is 2. The van der Waals surface area contributed by atoms with Crippen LogP contribution >= 0.6 is 11.6 Å². The molecule has 2 amide bonds. The van der Waals surface area contributed by atoms with E-state index < -0.39 is 6.04 Å². The van der Waals surface area contributed by atoms with Crippen LogP contribution < -0.4 is 10.2 Å². The SMILES string of the molecule is O=C(NC1CCN(c2ccccc2Cl)C1=O)C1CCC1. The normalized spacial score (nSPS) is 22.8. The lowest BCUT2D eigenvalue weighted by Gasteiger charge is -2.25. The Morgan fingerprint density at radius 1 is 1.25 bits per heavy atom. The molecule has 0 bridgehead atoms. The molecule has 3 rings (SSSR count). The number of nitrogens with zero attached hydrogens (tertiary/aromatic N) is 1. The smallest absolute Gasteiger partial charge is 0.249 e. The highest BCUT2D eigenvalue weighted by molar-refractivity contribution is 6.34. The lowest BCUT2D eigenvalue weighted by atomic mass is 9.84. The van der Waals surface area contributed by atoms with E-state index in [4.69, 9.17) is 11.6 Å². The van der Waals surface area contributed by atoms with Crippen LogP contribution in [0.1, 0.15) is 25.7 Å². The highest BCUT2D eigenvalue weighted by Gasteiger charge is 2.36. The topological polar surface area (TPSA) is 49.4 Å². The molecule has 1 unspecified atom stereocenters. The summed E-state index contributed by atoms with van der Waals surface area (Å²) in [4.78, 5) is 26.0. The van der Waals surface area contributed by atoms with Gasteiger partial charge < -0.3 is 10.2 Å². The van der Waals surface area contributed by atoms with Gasteiger partial charge in [-0.2, -0.15) is 0 Å². The van der Waals surface area contributed by atoms with E-state index in [1.54, 1.807) is 11.0 Å². The van der Waals surface area contributed by atoms with E-state index in [0.29, 0.717) is 18.0 Å². The maximum Gasteiger partial charge on any atom is 0.249 e. The molecular weight excluding hydrogens is 276 g/mol. The third-order valence-electron chi connectivity index (χ3n) is 4.14. The van der Waals surface area contributed by atoms with Gasteiger partial charge in [0.15, 0.2) is 0 Å². The number of hydrogen-bond acceptors (Lipinski definition) is 2. The highest BCUT2D eigenvalue weighted by Crippen LogP contribution is 2.30. The second-order valence-electron chi connectivity index (χ2n) is 5.42. The van der Waals surface area contributed by atoms with E-state index in [9.17, 15) is 9.59 Å². The van der Waals surface area contributed by atoms with Crippen LogP contribution in [0.25, 0.3) is 0 Å². The lowest BCUT2D eigenvalue weighted by Crippen LogP contribution is -2.45. The minimum absolute atomic E-state index is 0.0237. The average Bonchev–Trinajstić information content (AvgIpc) is 2.70. The molecule has 1 saturated heterocycles. The summed E-state index contributed by atoms with van der Waals surface area (Å²) in [5, 5.41) is 3.44. The predicted octanol–water partition coefficient (Wildman–Crippen LogP) is 2.36. The number of anilines is 1. The molecule has 1 aromatic rings. The summed E-state index contributed by atoms with van der Waals surface area (Å²) in [5.74, 6) is 0.0681. The summed E-state index contributed by atoms with van der Waals surface area (Å²) in [6.45, 7) is 0.595. The van der Waals surface area contributed by atoms with Crippen molar-refractivity contribution in [3.8, 4) is 0 Å². The van der Waals surface area contributed by atoms with Crippen molar-refractivity contribution in [3.05, 3.63) is 29.3 Å². The number of hydrogen-bond donors (Lipinski definition) is 1. The van der Waals surface area contributed by atoms with Gasteiger partial charge in [0.1, 0.15) is 6.04 Å². The minimum atomic E-state index is -0.403. The van der Waals surface area contributed by atoms with E-state index in [2.05, 4.69) is 5.32 Å². The molecule has 1 N–H and O–H groups in total. The molecule has 1 aliphatic carbocycles. The average molecular weight is 293 g/mol. The molecule has 2 aliphatic rings. The molecule has 5 heteroatoms. The van der Waals surface area contributed by atoms with Crippen molar-refractivity contribution < 1.29 is 9.59 Å². The number of benzene rings is 1. The molecule has 1 aromatic carbocycles. The van der Waals surface area contributed by atoms with Crippen molar-refractivity contribution in [3.63, 3.8) is 0 Å². The fraction of sp³-hybridized carbons (Fsp3) is 0.467. The lowest BCUT2D eigenvalue weighted by molar-refractivity contribution is -0.131. The maximum absolute atomic E-state index is 12.4. The van der Waals surface area contributed by atoms with Crippen LogP contribution in [0, 0.1) is 5.92 Å². The Kier molecular flexibility index (Phi) is 3.66. The molecule has 1 heterocycles. The molecule has 1 aliphatic heterocycles. The van der Waals surface area contributed by atoms with Gasteiger partial charge in [-0.1, -0.05) is 30.2 Å². The van der Waals surface area contributed by atoms with Crippen LogP contribution in [0.5, 0.6) is 0 Å². The quantitative estimate of drug-likeness (QED) is 0.930. The Hall–Kier alpha value is -1.55. The Balaban J connectivity index is 1.68. The summed E-state index contributed by atoms with van der Waals surface area (Å²) in [7, 11) is 0. The number of rotatable bonds is 3. The molecule has 0 radical (unpaired) electrons. The Labute approximate surface area is 123 Å². The van der Waals surface area contributed by atoms with E-state index in [1.165, 1.54) is 0 Å². The molecule has 1 saturated carbocycles. The van der Waals surface area contributed by atoms with Gasteiger partial charge in [-0.3, -0.25) is 9.59 Å². The Morgan fingerprint density at radius 3 is 2.65 bits per heavy atom. The van der Waals surface area contributed by atoms with E-state index in [-0.39, 0.29) is 17.7 Å². The molecule has 106 valence electrons. The zero-order valence-electron chi connectivity index (χ0n) is 11.1. The fourth-order valence-electron chi connectivity index (χ4n) is 2.68. The summed E-state index contributed by atoms with van der Waals surface area (Å²) in [6, 6.07) is 6.89. The second-order valence-corrected chi connectivity index (χ2v) is 5.83. The number of nitrogens with one attached hydrogen (secondary N) is 1. The monoisotopic (exact) mass is 292 g/mol. The molecule has 20 heavy (non-hydrogen) atoms. The maximum atomic E-state index is 12.4. The minimum Gasteiger partial charge on any atom is -0.344 e. The van der Waals surface area contributed by atoms with Gasteiger partial charge in [0, 0.05) is 12.5 Å². The van der Waals surface area contributed by atoms with Crippen molar-refractivity contribution in [1.29, 1.82) is 0 Å². The standard InChI is InChI=1S/C15H17ClN2O2/c16-11-6-1-2-7-13(11)18-9-8-12(15(18)20)17-14(19)10-4-3-5-10/h1-2,6-7,10,12H,3-5,8-9H2,(H,17,19). The molecule has 4 nitrogen and oxygen atoms in total. The number of para-hydroxylation sites is 1. The predicted molar refractivity (Wildman–Crippen MR) is 77.7 cm³/mol. The first-order valence-electron chi connectivity index (χ1n) is 7.03. The van der Waals surface area contributed by atoms with Crippen LogP contribution in [0.3, 0.4) is 0 Å². The van der Waals surface area contributed by atoms with Gasteiger partial charge in [-0.05, 0) is 31.4 Å². The van der Waals surface area contributed by atoms with Crippen LogP contribution in [0.15, 0.2) is 24.3 Å². The van der Waals surface area contributed by atoms with Gasteiger partial charge in [-0.25, -0.2) is 0 Å². The van der Waals surface area contributed by atoms with E-state index in [1.807, 2.05) is 18.2 Å². The zero-order valence-corrected chi connectivity index (χ0v) is 11.9. The van der Waals surface area contributed by atoms with Gasteiger partial charge in [0.05, 0.1) is 10.7 Å². The third-order valence-corrected chi connectivity index (χ3v) is 4.46. The van der Waals surface area contributed by atoms with Crippen molar-refractivity contribution in [1.82, 2.24) is 5.32 Å². The van der Waals surface area contributed by atoms with Crippen molar-refractivity contribution in [2.45, 2.75) is 31.7 Å². The largest absolute Gasteiger partial charge is 0.344 e. The summed E-state index contributed by atoms with van der Waals surface area (Å²) < 4.78 is 0. The van der Waals surface area contributed by atoms with Crippen LogP contribution in [0.2, 0.25) is 5.02 Å². The van der Waals surface area contributed by atoms with E-state index in [0.717, 1.165) is 24.9 Å². The van der Waals surface area contributed by atoms with Gasteiger partial charge in [0.25, 0.3) is 0 Å². The first-order chi connectivity index (χ1) is 9.66. The molecule has 2 fully saturated rings. The van der Waals surface area contributed by atoms with Gasteiger partial charge in [0.2, 0.25) is 11.8 Å². The second kappa shape index (κ2) is 5.44. The Morgan fingerprint density at radius 2 is 2.00 bits per heavy atom. The van der Waals surface area contributed by atoms with Crippen LogP contribution in [-0.4, -0.2) is 24.4 Å². The van der Waals surface area contributed by atoms with Crippen molar-refractivity contribution >= 4 is 29.1 Å². The molecule has 0 spiro atoms. The highest BCUT2D eigenvalue weighted by atomic mass is 35.5.